The Labute approximate surface area is 170 Å². The summed E-state index contributed by atoms with van der Waals surface area (Å²) in [6.07, 6.45) is -0.290. The maximum Gasteiger partial charge on any atom is 0.267 e. The van der Waals surface area contributed by atoms with Crippen molar-refractivity contribution in [2.24, 2.45) is 0 Å². The number of fused-ring (bicyclic) bond motifs is 2. The normalized spacial score (nSPS) is 17.2. The SMILES string of the molecule is CC1Oc2ccccc2N(CCC(=O)NCc2ccc3c(c2)CNC3)C1=O.Cl. The highest BCUT2D eigenvalue weighted by atomic mass is 35.5. The van der Waals surface area contributed by atoms with E-state index in [1.807, 2.05) is 24.3 Å². The van der Waals surface area contributed by atoms with Gasteiger partial charge in [-0.1, -0.05) is 30.3 Å². The van der Waals surface area contributed by atoms with Crippen LogP contribution >= 0.6 is 12.4 Å². The Morgan fingerprint density at radius 1 is 1.21 bits per heavy atom. The summed E-state index contributed by atoms with van der Waals surface area (Å²) in [5.41, 5.74) is 4.43. The quantitative estimate of drug-likeness (QED) is 0.807. The van der Waals surface area contributed by atoms with Crippen molar-refractivity contribution in [3.05, 3.63) is 59.2 Å². The van der Waals surface area contributed by atoms with Gasteiger partial charge < -0.3 is 20.3 Å². The number of nitrogens with zero attached hydrogens (tertiary/aromatic N) is 1. The number of nitrogens with one attached hydrogen (secondary N) is 2. The van der Waals surface area contributed by atoms with Gasteiger partial charge in [0.15, 0.2) is 6.10 Å². The van der Waals surface area contributed by atoms with Gasteiger partial charge in [-0.15, -0.1) is 12.4 Å². The van der Waals surface area contributed by atoms with Gasteiger partial charge in [-0.3, -0.25) is 9.59 Å². The van der Waals surface area contributed by atoms with Crippen LogP contribution in [0.3, 0.4) is 0 Å². The molecule has 2 aromatic rings. The molecule has 0 aromatic heterocycles. The van der Waals surface area contributed by atoms with Gasteiger partial charge in [0.05, 0.1) is 5.69 Å². The summed E-state index contributed by atoms with van der Waals surface area (Å²) in [6, 6.07) is 13.7. The third-order valence-electron chi connectivity index (χ3n) is 5.03. The Kier molecular flexibility index (Phi) is 6.21. The van der Waals surface area contributed by atoms with E-state index in [1.54, 1.807) is 11.8 Å². The van der Waals surface area contributed by atoms with E-state index in [1.165, 1.54) is 11.1 Å². The highest BCUT2D eigenvalue weighted by molar-refractivity contribution is 6.00. The molecule has 1 unspecified atom stereocenters. The average molecular weight is 402 g/mol. The van der Waals surface area contributed by atoms with Gasteiger partial charge in [-0.05, 0) is 35.7 Å². The second-order valence-electron chi connectivity index (χ2n) is 6.95. The van der Waals surface area contributed by atoms with Crippen LogP contribution in [0.4, 0.5) is 5.69 Å². The fourth-order valence-corrected chi connectivity index (χ4v) is 3.55. The molecule has 2 heterocycles. The summed E-state index contributed by atoms with van der Waals surface area (Å²) in [6.45, 7) is 4.36. The van der Waals surface area contributed by atoms with Crippen LogP contribution in [0.25, 0.3) is 0 Å². The number of carbonyl (C=O) groups is 2. The summed E-state index contributed by atoms with van der Waals surface area (Å²) < 4.78 is 5.63. The monoisotopic (exact) mass is 401 g/mol. The lowest BCUT2D eigenvalue weighted by Crippen LogP contribution is -2.45. The first-order valence-corrected chi connectivity index (χ1v) is 9.27. The van der Waals surface area contributed by atoms with Crippen LogP contribution in [0.15, 0.2) is 42.5 Å². The largest absolute Gasteiger partial charge is 0.479 e. The Balaban J connectivity index is 0.00000225. The molecule has 148 valence electrons. The van der Waals surface area contributed by atoms with Crippen LogP contribution in [-0.2, 0) is 29.2 Å². The van der Waals surface area contributed by atoms with Gasteiger partial charge in [0.1, 0.15) is 5.75 Å². The molecule has 2 aliphatic rings. The molecule has 0 radical (unpaired) electrons. The number of anilines is 1. The number of hydrogen-bond donors (Lipinski definition) is 2. The number of amides is 2. The second kappa shape index (κ2) is 8.63. The zero-order valence-electron chi connectivity index (χ0n) is 15.7. The van der Waals surface area contributed by atoms with Crippen LogP contribution in [0.5, 0.6) is 5.75 Å². The minimum Gasteiger partial charge on any atom is -0.479 e. The third kappa shape index (κ3) is 4.13. The van der Waals surface area contributed by atoms with Gasteiger partial charge in [0.25, 0.3) is 5.91 Å². The van der Waals surface area contributed by atoms with Crippen molar-refractivity contribution in [1.29, 1.82) is 0 Å². The predicted molar refractivity (Wildman–Crippen MR) is 110 cm³/mol. The topological polar surface area (TPSA) is 70.7 Å². The van der Waals surface area contributed by atoms with E-state index in [2.05, 4.69) is 28.8 Å². The Morgan fingerprint density at radius 2 is 2.00 bits per heavy atom. The van der Waals surface area contributed by atoms with Crippen molar-refractivity contribution in [3.8, 4) is 5.75 Å². The fourth-order valence-electron chi connectivity index (χ4n) is 3.55. The Hall–Kier alpha value is -2.57. The minimum absolute atomic E-state index is 0. The van der Waals surface area contributed by atoms with Crippen LogP contribution in [0.2, 0.25) is 0 Å². The number of hydrogen-bond acceptors (Lipinski definition) is 4. The molecule has 1 atom stereocenters. The second-order valence-corrected chi connectivity index (χ2v) is 6.95. The first kappa shape index (κ1) is 20.2. The van der Waals surface area contributed by atoms with Crippen LogP contribution < -0.4 is 20.3 Å². The average Bonchev–Trinajstić information content (AvgIpc) is 3.14. The first-order chi connectivity index (χ1) is 13.1. The van der Waals surface area contributed by atoms with Gasteiger partial charge >= 0.3 is 0 Å². The van der Waals surface area contributed by atoms with Crippen molar-refractivity contribution < 1.29 is 14.3 Å². The van der Waals surface area contributed by atoms with Crippen LogP contribution in [0, 0.1) is 0 Å². The molecule has 0 fully saturated rings. The summed E-state index contributed by atoms with van der Waals surface area (Å²) in [5, 5.41) is 6.27. The molecule has 0 spiro atoms. The smallest absolute Gasteiger partial charge is 0.267 e. The van der Waals surface area contributed by atoms with E-state index in [0.717, 1.165) is 24.3 Å². The Morgan fingerprint density at radius 3 is 2.86 bits per heavy atom. The molecule has 6 nitrogen and oxygen atoms in total. The highest BCUT2D eigenvalue weighted by Gasteiger charge is 2.31. The molecular weight excluding hydrogens is 378 g/mol. The minimum atomic E-state index is -0.539. The molecule has 0 saturated carbocycles. The van der Waals surface area contributed by atoms with Crippen molar-refractivity contribution in [2.45, 2.75) is 39.1 Å². The molecule has 7 heteroatoms. The van der Waals surface area contributed by atoms with Gasteiger partial charge in [0.2, 0.25) is 5.91 Å². The van der Waals surface area contributed by atoms with E-state index < -0.39 is 6.10 Å². The lowest BCUT2D eigenvalue weighted by molar-refractivity contribution is -0.125. The maximum absolute atomic E-state index is 12.5. The summed E-state index contributed by atoms with van der Waals surface area (Å²) in [5.74, 6) is 0.488. The number of ether oxygens (including phenoxy) is 1. The lowest BCUT2D eigenvalue weighted by Gasteiger charge is -2.32. The standard InChI is InChI=1S/C21H23N3O3.ClH/c1-14-21(26)24(18-4-2-3-5-19(18)27-14)9-8-20(25)23-11-15-6-7-16-12-22-13-17(16)10-15;/h2-7,10,14,22H,8-9,11-13H2,1H3,(H,23,25);1H. The van der Waals surface area contributed by atoms with E-state index in [0.29, 0.717) is 18.8 Å². The van der Waals surface area contributed by atoms with Gasteiger partial charge in [-0.25, -0.2) is 0 Å². The molecule has 0 aliphatic carbocycles. The Bertz CT molecular complexity index is 887. The fraction of sp³-hybridized carbons (Fsp3) is 0.333. The van der Waals surface area contributed by atoms with E-state index in [9.17, 15) is 9.59 Å². The van der Waals surface area contributed by atoms with Crippen molar-refractivity contribution in [3.63, 3.8) is 0 Å². The molecule has 2 amide bonds. The van der Waals surface area contributed by atoms with Crippen LogP contribution in [0.1, 0.15) is 30.0 Å². The molecule has 0 bridgehead atoms. The molecule has 4 rings (SSSR count). The van der Waals surface area contributed by atoms with E-state index in [4.69, 9.17) is 4.74 Å². The summed E-state index contributed by atoms with van der Waals surface area (Å²) >= 11 is 0. The molecule has 2 N–H and O–H groups in total. The number of para-hydroxylation sites is 2. The molecule has 2 aromatic carbocycles. The summed E-state index contributed by atoms with van der Waals surface area (Å²) in [4.78, 5) is 26.4. The van der Waals surface area contributed by atoms with Crippen molar-refractivity contribution in [2.75, 3.05) is 11.4 Å². The molecule has 2 aliphatic heterocycles. The predicted octanol–water partition coefficient (Wildman–Crippen LogP) is 2.53. The molecule has 28 heavy (non-hydrogen) atoms. The van der Waals surface area contributed by atoms with Crippen molar-refractivity contribution in [1.82, 2.24) is 10.6 Å². The highest BCUT2D eigenvalue weighted by Crippen LogP contribution is 2.33. The lowest BCUT2D eigenvalue weighted by atomic mass is 10.1. The van der Waals surface area contributed by atoms with Crippen LogP contribution in [-0.4, -0.2) is 24.5 Å². The molecular formula is C21H24ClN3O3. The number of benzene rings is 2. The molecule has 0 saturated heterocycles. The summed E-state index contributed by atoms with van der Waals surface area (Å²) in [7, 11) is 0. The zero-order valence-corrected chi connectivity index (χ0v) is 16.6. The number of carbonyl (C=O) groups excluding carboxylic acids is 2. The number of halogens is 1. The van der Waals surface area contributed by atoms with Gasteiger partial charge in [-0.2, -0.15) is 0 Å². The third-order valence-corrected chi connectivity index (χ3v) is 5.03. The van der Waals surface area contributed by atoms with E-state index >= 15 is 0 Å². The van der Waals surface area contributed by atoms with E-state index in [-0.39, 0.29) is 30.6 Å². The zero-order chi connectivity index (χ0) is 18.8. The number of rotatable bonds is 5. The van der Waals surface area contributed by atoms with Gasteiger partial charge in [0, 0.05) is 32.6 Å². The van der Waals surface area contributed by atoms with Crippen molar-refractivity contribution >= 4 is 29.9 Å². The first-order valence-electron chi connectivity index (χ1n) is 9.27. The maximum atomic E-state index is 12.5.